The van der Waals surface area contributed by atoms with Crippen molar-refractivity contribution in [1.29, 1.82) is 0 Å². The number of hydrogen-bond donors (Lipinski definition) is 0. The molecule has 2 aromatic rings. The molecule has 1 saturated heterocycles. The van der Waals surface area contributed by atoms with Gasteiger partial charge in [0.2, 0.25) is 11.8 Å². The summed E-state index contributed by atoms with van der Waals surface area (Å²) in [6.07, 6.45) is 14.8. The molecule has 0 bridgehead atoms. The van der Waals surface area contributed by atoms with Crippen LogP contribution in [0.4, 0.5) is 11.8 Å². The Morgan fingerprint density at radius 3 is 2.66 bits per heavy atom. The van der Waals surface area contributed by atoms with E-state index >= 15 is 0 Å². The van der Waals surface area contributed by atoms with Crippen molar-refractivity contribution in [2.24, 2.45) is 0 Å². The van der Waals surface area contributed by atoms with E-state index in [1.807, 2.05) is 29.0 Å². The fourth-order valence-electron chi connectivity index (χ4n) is 4.83. The van der Waals surface area contributed by atoms with Gasteiger partial charge in [-0.25, -0.2) is 33.1 Å². The number of esters is 1. The molecule has 3 unspecified atom stereocenters. The molecule has 0 radical (unpaired) electrons. The molecule has 5 rings (SSSR count). The highest BCUT2D eigenvalue weighted by Gasteiger charge is 2.41. The van der Waals surface area contributed by atoms with Crippen LogP contribution in [0.15, 0.2) is 59.7 Å². The largest absolute Gasteiger partial charge is 0.472 e. The van der Waals surface area contributed by atoms with E-state index in [0.717, 1.165) is 17.6 Å². The second kappa shape index (κ2) is 10.5. The van der Waals surface area contributed by atoms with Crippen LogP contribution in [-0.2, 0) is 25.8 Å². The maximum Gasteiger partial charge on any atom is 0.329 e. The lowest BCUT2D eigenvalue weighted by molar-refractivity contribution is -0.144. The Morgan fingerprint density at radius 2 is 1.95 bits per heavy atom. The lowest BCUT2D eigenvalue weighted by Gasteiger charge is -2.27. The maximum atomic E-state index is 12.7. The van der Waals surface area contributed by atoms with Crippen LogP contribution in [-0.4, -0.2) is 71.9 Å². The molecule has 3 atom stereocenters. The third-order valence-electron chi connectivity index (χ3n) is 6.79. The average molecular weight is 539 g/mol. The summed E-state index contributed by atoms with van der Waals surface area (Å²) in [5.74, 6) is 1.12. The third kappa shape index (κ3) is 5.26. The summed E-state index contributed by atoms with van der Waals surface area (Å²) in [5.41, 5.74) is 1.92. The number of ether oxygens (including phenoxy) is 2. The van der Waals surface area contributed by atoms with Crippen LogP contribution in [0, 0.1) is 0 Å². The number of anilines is 2. The predicted molar refractivity (Wildman–Crippen MR) is 141 cm³/mol. The Hall–Kier alpha value is -3.80. The Bertz CT molecular complexity index is 1410. The van der Waals surface area contributed by atoms with Gasteiger partial charge in [-0.3, -0.25) is 0 Å². The number of carbonyl (C=O) groups is 1. The molecule has 0 N–H and O–H groups in total. The Balaban J connectivity index is 1.31. The number of allylic oxidation sites excluding steroid dienone is 1. The van der Waals surface area contributed by atoms with Gasteiger partial charge in [0.05, 0.1) is 24.1 Å². The molecule has 2 aliphatic heterocycles. The Labute approximate surface area is 221 Å². The van der Waals surface area contributed by atoms with E-state index in [1.165, 1.54) is 12.6 Å². The van der Waals surface area contributed by atoms with Crippen LogP contribution >= 0.6 is 0 Å². The smallest absolute Gasteiger partial charge is 0.329 e. The topological polar surface area (TPSA) is 128 Å². The summed E-state index contributed by atoms with van der Waals surface area (Å²) in [6, 6.07) is 1.13. The van der Waals surface area contributed by atoms with Gasteiger partial charge in [0.25, 0.3) is 0 Å². The van der Waals surface area contributed by atoms with Gasteiger partial charge in [0, 0.05) is 37.3 Å². The first-order chi connectivity index (χ1) is 18.3. The number of sulfone groups is 1. The SMILES string of the molecule is CCOC(=O)C1CC(Oc2cc(N3C=CC4=CC(S(C)(=O)=O)=CCC43)ncn2)CN1c1ncc(CC)cn1. The van der Waals surface area contributed by atoms with Crippen molar-refractivity contribution in [2.45, 2.75) is 51.3 Å². The van der Waals surface area contributed by atoms with Crippen molar-refractivity contribution in [3.63, 3.8) is 0 Å². The summed E-state index contributed by atoms with van der Waals surface area (Å²) < 4.78 is 35.4. The molecule has 0 amide bonds. The Kier molecular flexibility index (Phi) is 7.15. The fourth-order valence-corrected chi connectivity index (χ4v) is 5.58. The van der Waals surface area contributed by atoms with Crippen LogP contribution in [0.3, 0.4) is 0 Å². The lowest BCUT2D eigenvalue weighted by Crippen LogP contribution is -2.38. The summed E-state index contributed by atoms with van der Waals surface area (Å²) in [4.78, 5) is 34.5. The standard InChI is InChI=1S/C26H30N6O5S/c1-4-17-13-27-26(28-14-17)32-15-19(11-22(32)25(33)36-5-2)37-24-12-23(29-16-30-24)31-9-8-18-10-20(38(3,34)35)6-7-21(18)31/h6,8-10,12-14,16,19,21-22H,4-5,7,11,15H2,1-3H3. The highest BCUT2D eigenvalue weighted by molar-refractivity contribution is 7.94. The van der Waals surface area contributed by atoms with E-state index in [4.69, 9.17) is 9.47 Å². The van der Waals surface area contributed by atoms with Gasteiger partial charge in [-0.1, -0.05) is 13.0 Å². The number of fused-ring (bicyclic) bond motifs is 1. The number of hydrogen-bond acceptors (Lipinski definition) is 11. The van der Waals surface area contributed by atoms with Crippen molar-refractivity contribution < 1.29 is 22.7 Å². The van der Waals surface area contributed by atoms with Crippen LogP contribution in [0.1, 0.15) is 32.3 Å². The molecule has 1 aliphatic carbocycles. The number of rotatable bonds is 8. The van der Waals surface area contributed by atoms with Crippen molar-refractivity contribution in [2.75, 3.05) is 29.2 Å². The molecule has 0 saturated carbocycles. The molecule has 3 aliphatic rings. The van der Waals surface area contributed by atoms with E-state index in [9.17, 15) is 13.2 Å². The molecule has 38 heavy (non-hydrogen) atoms. The highest BCUT2D eigenvalue weighted by atomic mass is 32.2. The van der Waals surface area contributed by atoms with Gasteiger partial charge in [-0.2, -0.15) is 0 Å². The second-order valence-electron chi connectivity index (χ2n) is 9.35. The van der Waals surface area contributed by atoms with Crippen LogP contribution < -0.4 is 14.5 Å². The minimum Gasteiger partial charge on any atom is -0.472 e. The average Bonchev–Trinajstić information content (AvgIpc) is 3.53. The van der Waals surface area contributed by atoms with Gasteiger partial charge in [0.15, 0.2) is 9.84 Å². The molecule has 12 heteroatoms. The molecule has 1 fully saturated rings. The quantitative estimate of drug-likeness (QED) is 0.460. The van der Waals surface area contributed by atoms with E-state index in [-0.39, 0.29) is 24.7 Å². The number of aryl methyl sites for hydroxylation is 1. The van der Waals surface area contributed by atoms with Gasteiger partial charge < -0.3 is 19.3 Å². The number of aromatic nitrogens is 4. The normalized spacial score (nSPS) is 22.7. The van der Waals surface area contributed by atoms with Gasteiger partial charge >= 0.3 is 5.97 Å². The van der Waals surface area contributed by atoms with Crippen molar-refractivity contribution >= 4 is 27.6 Å². The molecular weight excluding hydrogens is 508 g/mol. The van der Waals surface area contributed by atoms with E-state index < -0.39 is 15.9 Å². The van der Waals surface area contributed by atoms with Gasteiger partial charge in [-0.15, -0.1) is 0 Å². The van der Waals surface area contributed by atoms with Gasteiger partial charge in [-0.05, 0) is 43.1 Å². The number of carbonyl (C=O) groups excluding carboxylic acids is 1. The van der Waals surface area contributed by atoms with Crippen LogP contribution in [0.2, 0.25) is 0 Å². The second-order valence-corrected chi connectivity index (χ2v) is 11.4. The summed E-state index contributed by atoms with van der Waals surface area (Å²) in [6.45, 7) is 4.48. The summed E-state index contributed by atoms with van der Waals surface area (Å²) in [5, 5.41) is 0. The zero-order valence-electron chi connectivity index (χ0n) is 21.5. The zero-order chi connectivity index (χ0) is 26.9. The maximum absolute atomic E-state index is 12.7. The molecule has 0 aromatic carbocycles. The van der Waals surface area contributed by atoms with E-state index in [0.29, 0.717) is 41.9 Å². The molecule has 11 nitrogen and oxygen atoms in total. The predicted octanol–water partition coefficient (Wildman–Crippen LogP) is 2.38. The fraction of sp³-hybridized carbons (Fsp3) is 0.423. The van der Waals surface area contributed by atoms with Crippen LogP contribution in [0.25, 0.3) is 0 Å². The summed E-state index contributed by atoms with van der Waals surface area (Å²) in [7, 11) is -3.27. The van der Waals surface area contributed by atoms with E-state index in [1.54, 1.807) is 37.5 Å². The first kappa shape index (κ1) is 25.8. The number of nitrogens with zero attached hydrogens (tertiary/aromatic N) is 6. The minimum atomic E-state index is -3.27. The van der Waals surface area contributed by atoms with Crippen molar-refractivity contribution in [3.8, 4) is 5.88 Å². The first-order valence-electron chi connectivity index (χ1n) is 12.6. The summed E-state index contributed by atoms with van der Waals surface area (Å²) >= 11 is 0. The van der Waals surface area contributed by atoms with Gasteiger partial charge in [0.1, 0.15) is 24.3 Å². The third-order valence-corrected chi connectivity index (χ3v) is 7.93. The molecule has 4 heterocycles. The first-order valence-corrected chi connectivity index (χ1v) is 14.5. The van der Waals surface area contributed by atoms with Crippen molar-refractivity contribution in [1.82, 2.24) is 19.9 Å². The Morgan fingerprint density at radius 1 is 1.16 bits per heavy atom. The molecule has 2 aromatic heterocycles. The monoisotopic (exact) mass is 538 g/mol. The highest BCUT2D eigenvalue weighted by Crippen LogP contribution is 2.34. The zero-order valence-corrected chi connectivity index (χ0v) is 22.3. The molecule has 0 spiro atoms. The molecular formula is C26H30N6O5S. The van der Waals surface area contributed by atoms with E-state index in [2.05, 4.69) is 19.9 Å². The van der Waals surface area contributed by atoms with Crippen molar-refractivity contribution in [3.05, 3.63) is 65.3 Å². The van der Waals surface area contributed by atoms with Crippen LogP contribution in [0.5, 0.6) is 5.88 Å². The molecule has 200 valence electrons. The minimum absolute atomic E-state index is 0.0540. The lowest BCUT2D eigenvalue weighted by atomic mass is 10.0.